The van der Waals surface area contributed by atoms with Crippen LogP contribution in [-0.4, -0.2) is 0 Å². The van der Waals surface area contributed by atoms with Crippen LogP contribution in [0.3, 0.4) is 0 Å². The van der Waals surface area contributed by atoms with E-state index >= 15 is 0 Å². The highest BCUT2D eigenvalue weighted by Crippen LogP contribution is 2.72. The smallest absolute Gasteiger partial charge is 0.0264 e. The second-order valence-electron chi connectivity index (χ2n) is 5.75. The van der Waals surface area contributed by atoms with Crippen molar-refractivity contribution in [2.75, 3.05) is 0 Å². The Labute approximate surface area is 82.1 Å². The number of hydrogen-bond donors (Lipinski definition) is 0. The lowest BCUT2D eigenvalue weighted by Crippen LogP contribution is -2.17. The third-order valence-corrected chi connectivity index (χ3v) is 5.24. The Morgan fingerprint density at radius 3 is 2.62 bits per heavy atom. The fourth-order valence-corrected chi connectivity index (χ4v) is 4.76. The molecule has 0 aromatic carbocycles. The van der Waals surface area contributed by atoms with E-state index in [4.69, 9.17) is 0 Å². The van der Waals surface area contributed by atoms with E-state index < -0.39 is 0 Å². The molecule has 0 N–H and O–H groups in total. The third-order valence-electron chi connectivity index (χ3n) is 5.24. The zero-order valence-electron chi connectivity index (χ0n) is 8.89. The van der Waals surface area contributed by atoms with Crippen LogP contribution in [0.2, 0.25) is 0 Å². The van der Waals surface area contributed by atoms with Gasteiger partial charge in [0.15, 0.2) is 0 Å². The van der Waals surface area contributed by atoms with Gasteiger partial charge in [-0.25, -0.2) is 0 Å². The van der Waals surface area contributed by atoms with Crippen molar-refractivity contribution in [2.45, 2.75) is 58.3 Å². The highest BCUT2D eigenvalue weighted by Gasteiger charge is 2.64. The fourth-order valence-electron chi connectivity index (χ4n) is 4.76. The third kappa shape index (κ3) is 1.04. The first-order valence-electron chi connectivity index (χ1n) is 6.37. The van der Waals surface area contributed by atoms with Crippen LogP contribution in [0.1, 0.15) is 58.3 Å². The van der Waals surface area contributed by atoms with E-state index in [1.54, 1.807) is 38.5 Å². The summed E-state index contributed by atoms with van der Waals surface area (Å²) in [5, 5.41) is 0. The molecule has 1 spiro atoms. The van der Waals surface area contributed by atoms with Crippen molar-refractivity contribution in [2.24, 2.45) is 23.2 Å². The number of fused-ring (bicyclic) bond motifs is 2. The molecule has 3 fully saturated rings. The van der Waals surface area contributed by atoms with E-state index in [-0.39, 0.29) is 0 Å². The van der Waals surface area contributed by atoms with Gasteiger partial charge in [-0.15, -0.1) is 0 Å². The Morgan fingerprint density at radius 2 is 1.92 bits per heavy atom. The zero-order chi connectivity index (χ0) is 8.89. The second kappa shape index (κ2) is 2.74. The summed E-state index contributed by atoms with van der Waals surface area (Å²) in [7, 11) is 0. The molecule has 0 radical (unpaired) electrons. The summed E-state index contributed by atoms with van der Waals surface area (Å²) in [6, 6.07) is 0. The fraction of sp³-hybridized carbons (Fsp3) is 1.00. The maximum absolute atomic E-state index is 2.36. The highest BCUT2D eigenvalue weighted by molar-refractivity contribution is 5.13. The molecule has 0 heteroatoms. The monoisotopic (exact) mass is 178 g/mol. The van der Waals surface area contributed by atoms with Gasteiger partial charge in [0.2, 0.25) is 0 Å². The van der Waals surface area contributed by atoms with Gasteiger partial charge in [-0.2, -0.15) is 0 Å². The van der Waals surface area contributed by atoms with Gasteiger partial charge in [-0.3, -0.25) is 0 Å². The van der Waals surface area contributed by atoms with E-state index in [0.717, 1.165) is 5.41 Å². The van der Waals surface area contributed by atoms with E-state index in [0.29, 0.717) is 0 Å². The summed E-state index contributed by atoms with van der Waals surface area (Å²) in [5.74, 6) is 3.57. The van der Waals surface area contributed by atoms with Crippen molar-refractivity contribution >= 4 is 0 Å². The van der Waals surface area contributed by atoms with Crippen molar-refractivity contribution in [3.05, 3.63) is 0 Å². The molecule has 0 nitrogen and oxygen atoms in total. The minimum absolute atomic E-state index is 0.893. The van der Waals surface area contributed by atoms with E-state index in [9.17, 15) is 0 Å². The van der Waals surface area contributed by atoms with Crippen LogP contribution in [0, 0.1) is 23.2 Å². The maximum Gasteiger partial charge on any atom is -0.0264 e. The van der Waals surface area contributed by atoms with Crippen molar-refractivity contribution < 1.29 is 0 Å². The number of rotatable bonds is 2. The van der Waals surface area contributed by atoms with Crippen LogP contribution in [0.5, 0.6) is 0 Å². The highest BCUT2D eigenvalue weighted by atomic mass is 14.7. The Hall–Kier alpha value is 0. The lowest BCUT2D eigenvalue weighted by Gasteiger charge is -2.26. The molecule has 0 aliphatic heterocycles. The summed E-state index contributed by atoms with van der Waals surface area (Å²) < 4.78 is 0. The lowest BCUT2D eigenvalue weighted by atomic mass is 9.79. The Morgan fingerprint density at radius 1 is 1.15 bits per heavy atom. The molecule has 0 amide bonds. The van der Waals surface area contributed by atoms with Crippen molar-refractivity contribution in [1.82, 2.24) is 0 Å². The first-order valence-corrected chi connectivity index (χ1v) is 6.37. The predicted octanol–water partition coefficient (Wildman–Crippen LogP) is 4.00. The van der Waals surface area contributed by atoms with Gasteiger partial charge in [0, 0.05) is 0 Å². The average Bonchev–Trinajstić information content (AvgIpc) is 2.57. The van der Waals surface area contributed by atoms with Gasteiger partial charge in [-0.05, 0) is 48.9 Å². The molecule has 0 bridgehead atoms. The molecule has 0 aromatic heterocycles. The second-order valence-corrected chi connectivity index (χ2v) is 5.75. The van der Waals surface area contributed by atoms with E-state index in [2.05, 4.69) is 6.92 Å². The van der Waals surface area contributed by atoms with Crippen LogP contribution >= 0.6 is 0 Å². The van der Waals surface area contributed by atoms with Gasteiger partial charge in [0.05, 0.1) is 0 Å². The Kier molecular flexibility index (Phi) is 1.76. The number of hydrogen-bond acceptors (Lipinski definition) is 0. The molecule has 3 atom stereocenters. The molecule has 3 aliphatic carbocycles. The molecule has 13 heavy (non-hydrogen) atoms. The topological polar surface area (TPSA) is 0 Å². The van der Waals surface area contributed by atoms with E-state index in [1.165, 1.54) is 30.6 Å². The normalized spacial score (nSPS) is 45.5. The van der Waals surface area contributed by atoms with Crippen LogP contribution < -0.4 is 0 Å². The molecular formula is C13H22. The SMILES string of the molecule is CCCC1C2CCC3(CCCC3)C12. The van der Waals surface area contributed by atoms with Crippen LogP contribution in [0.4, 0.5) is 0 Å². The molecular weight excluding hydrogens is 156 g/mol. The molecule has 3 unspecified atom stereocenters. The zero-order valence-corrected chi connectivity index (χ0v) is 8.89. The van der Waals surface area contributed by atoms with Gasteiger partial charge in [0.1, 0.15) is 0 Å². The molecule has 3 saturated carbocycles. The van der Waals surface area contributed by atoms with Gasteiger partial charge >= 0.3 is 0 Å². The van der Waals surface area contributed by atoms with Crippen molar-refractivity contribution in [3.8, 4) is 0 Å². The first-order chi connectivity index (χ1) is 6.37. The standard InChI is InChI=1S/C13H22/c1-2-5-10-11-6-9-13(12(10)11)7-3-4-8-13/h10-12H,2-9H2,1H3. The summed E-state index contributed by atoms with van der Waals surface area (Å²) in [6.07, 6.45) is 12.4. The van der Waals surface area contributed by atoms with E-state index in [1.807, 2.05) is 0 Å². The van der Waals surface area contributed by atoms with Crippen molar-refractivity contribution in [3.63, 3.8) is 0 Å². The summed E-state index contributed by atoms with van der Waals surface area (Å²) >= 11 is 0. The largest absolute Gasteiger partial charge is 0.0654 e. The van der Waals surface area contributed by atoms with Crippen molar-refractivity contribution in [1.29, 1.82) is 0 Å². The minimum Gasteiger partial charge on any atom is -0.0654 e. The maximum atomic E-state index is 2.36. The minimum atomic E-state index is 0.893. The first kappa shape index (κ1) is 8.32. The van der Waals surface area contributed by atoms with Crippen LogP contribution in [0.25, 0.3) is 0 Å². The van der Waals surface area contributed by atoms with Gasteiger partial charge in [0.25, 0.3) is 0 Å². The quantitative estimate of drug-likeness (QED) is 0.599. The van der Waals surface area contributed by atoms with Crippen LogP contribution in [0.15, 0.2) is 0 Å². The summed E-state index contributed by atoms with van der Waals surface area (Å²) in [6.45, 7) is 2.36. The van der Waals surface area contributed by atoms with Gasteiger partial charge in [-0.1, -0.05) is 32.6 Å². The van der Waals surface area contributed by atoms with Gasteiger partial charge < -0.3 is 0 Å². The molecule has 74 valence electrons. The average molecular weight is 178 g/mol. The molecule has 0 heterocycles. The molecule has 0 saturated heterocycles. The Balaban J connectivity index is 1.72. The summed E-state index contributed by atoms with van der Waals surface area (Å²) in [5.41, 5.74) is 0.893. The lowest BCUT2D eigenvalue weighted by molar-refractivity contribution is 0.236. The molecule has 3 aliphatic rings. The molecule has 3 rings (SSSR count). The Bertz CT molecular complexity index is 195. The summed E-state index contributed by atoms with van der Waals surface area (Å²) in [4.78, 5) is 0. The molecule has 0 aromatic rings. The predicted molar refractivity (Wildman–Crippen MR) is 55.5 cm³/mol. The van der Waals surface area contributed by atoms with Crippen LogP contribution in [-0.2, 0) is 0 Å².